The summed E-state index contributed by atoms with van der Waals surface area (Å²) in [6.07, 6.45) is 0. The predicted octanol–water partition coefficient (Wildman–Crippen LogP) is -6.99. The minimum atomic E-state index is -5.43. The molecule has 0 spiro atoms. The van der Waals surface area contributed by atoms with Gasteiger partial charge in [-0.25, -0.2) is 50.5 Å². The van der Waals surface area contributed by atoms with Crippen molar-refractivity contribution in [3.8, 4) is 0 Å². The van der Waals surface area contributed by atoms with E-state index in [1.54, 1.807) is 0 Å². The molecule has 29 heavy (non-hydrogen) atoms. The van der Waals surface area contributed by atoms with E-state index in [4.69, 9.17) is 0 Å². The van der Waals surface area contributed by atoms with E-state index in [2.05, 4.69) is 10.9 Å². The molecule has 0 aromatic carbocycles. The minimum Gasteiger partial charge on any atom is -0.725 e. The van der Waals surface area contributed by atoms with Crippen LogP contribution in [0.4, 0.5) is 0 Å². The van der Waals surface area contributed by atoms with E-state index in [1.807, 2.05) is 0 Å². The van der Waals surface area contributed by atoms with Gasteiger partial charge in [-0.05, 0) is 0 Å². The fraction of sp³-hybridized carbons (Fsp3) is 0. The standard InChI is InChI=1S/2B.3H2O7S2/c;;3*1-8(2,3)7-9(4,5)6/h;;3*(H,1,2,3)(H,4,5,6)/q2*+3;;;/p-6. The van der Waals surface area contributed by atoms with Crippen molar-refractivity contribution in [2.75, 3.05) is 0 Å². The normalized spacial score (nSPS) is 12.6. The second-order valence-electron chi connectivity index (χ2n) is 2.65. The molecule has 168 valence electrons. The van der Waals surface area contributed by atoms with Crippen LogP contribution >= 0.6 is 0 Å². The molecule has 29 heteroatoms. The van der Waals surface area contributed by atoms with Crippen molar-refractivity contribution < 1.29 is 88.7 Å². The smallest absolute Gasteiger partial charge is 0.725 e. The van der Waals surface area contributed by atoms with Gasteiger partial charge in [0.2, 0.25) is 62.4 Å². The summed E-state index contributed by atoms with van der Waals surface area (Å²) in [6.45, 7) is 0. The van der Waals surface area contributed by atoms with Crippen molar-refractivity contribution in [1.82, 2.24) is 0 Å². The molecule has 0 aliphatic rings. The molecule has 0 rings (SSSR count). The first-order chi connectivity index (χ1) is 11.1. The van der Waals surface area contributed by atoms with Crippen molar-refractivity contribution in [3.05, 3.63) is 0 Å². The van der Waals surface area contributed by atoms with E-state index in [-0.39, 0.29) is 16.8 Å². The summed E-state index contributed by atoms with van der Waals surface area (Å²) in [6, 6.07) is 0. The van der Waals surface area contributed by atoms with E-state index >= 15 is 0 Å². The molecule has 0 bridgehead atoms. The van der Waals surface area contributed by atoms with Crippen LogP contribution in [0.3, 0.4) is 0 Å². The third kappa shape index (κ3) is 58.4. The van der Waals surface area contributed by atoms with Crippen LogP contribution in [-0.2, 0) is 73.3 Å². The Labute approximate surface area is 167 Å². The van der Waals surface area contributed by atoms with Crippen LogP contribution in [-0.4, -0.2) is 94.6 Å². The van der Waals surface area contributed by atoms with Crippen molar-refractivity contribution >= 4 is 79.2 Å². The Morgan fingerprint density at radius 3 is 0.379 bits per heavy atom. The zero-order valence-corrected chi connectivity index (χ0v) is 17.1. The van der Waals surface area contributed by atoms with Crippen LogP contribution < -0.4 is 0 Å². The van der Waals surface area contributed by atoms with Gasteiger partial charge in [0.1, 0.15) is 0 Å². The third-order valence-electron chi connectivity index (χ3n) is 0.500. The molecule has 0 N–H and O–H groups in total. The van der Waals surface area contributed by atoms with Gasteiger partial charge in [-0.3, -0.25) is 0 Å². The molecule has 21 nitrogen and oxygen atoms in total. The Bertz CT molecular complexity index is 854. The second kappa shape index (κ2) is 13.0. The first-order valence-electron chi connectivity index (χ1n) is 4.00. The summed E-state index contributed by atoms with van der Waals surface area (Å²) in [5, 5.41) is 0. The summed E-state index contributed by atoms with van der Waals surface area (Å²) in [4.78, 5) is 0. The summed E-state index contributed by atoms with van der Waals surface area (Å²) < 4.78 is 175. The summed E-state index contributed by atoms with van der Waals surface area (Å²) in [7, 11) is -32.6. The zero-order valence-electron chi connectivity index (χ0n) is 12.2. The zero-order chi connectivity index (χ0) is 23.1. The number of hydrogen-bond acceptors (Lipinski definition) is 21. The fourth-order valence-corrected chi connectivity index (χ4v) is 2.76. The van der Waals surface area contributed by atoms with Gasteiger partial charge in [0.15, 0.2) is 0 Å². The van der Waals surface area contributed by atoms with Gasteiger partial charge in [0, 0.05) is 0 Å². The van der Waals surface area contributed by atoms with Gasteiger partial charge >= 0.3 is 16.8 Å². The van der Waals surface area contributed by atoms with E-state index in [0.717, 1.165) is 0 Å². The summed E-state index contributed by atoms with van der Waals surface area (Å²) in [5.41, 5.74) is 0. The molecule has 0 radical (unpaired) electrons. The maximum atomic E-state index is 9.29. The Morgan fingerprint density at radius 2 is 0.379 bits per heavy atom. The van der Waals surface area contributed by atoms with Crippen LogP contribution in [0.25, 0.3) is 0 Å². The maximum Gasteiger partial charge on any atom is 3.00 e. The first-order valence-corrected chi connectivity index (χ1v) is 12.0. The largest absolute Gasteiger partial charge is 3.00 e. The van der Waals surface area contributed by atoms with E-state index in [0.29, 0.717) is 0 Å². The molecule has 0 aliphatic heterocycles. The Morgan fingerprint density at radius 1 is 0.310 bits per heavy atom. The third-order valence-corrected chi connectivity index (χ3v) is 4.50. The van der Waals surface area contributed by atoms with Gasteiger partial charge in [-0.15, -0.1) is 0 Å². The molecule has 0 aromatic heterocycles. The van der Waals surface area contributed by atoms with Gasteiger partial charge < -0.3 is 27.3 Å². The molecule has 0 atom stereocenters. The van der Waals surface area contributed by atoms with E-state index in [1.165, 1.54) is 0 Å². The molecule has 0 saturated heterocycles. The molecule has 0 unspecified atom stereocenters. The van der Waals surface area contributed by atoms with Gasteiger partial charge in [-0.2, -0.15) is 10.9 Å². The quantitative estimate of drug-likeness (QED) is 0.168. The van der Waals surface area contributed by atoms with Crippen LogP contribution in [0, 0.1) is 0 Å². The first kappa shape index (κ1) is 39.0. The molecular weight excluding hydrogens is 550 g/mol. The number of hydrogen-bond donors (Lipinski definition) is 0. The fourth-order valence-electron chi connectivity index (χ4n) is 0.306. The molecule has 0 heterocycles. The molecule has 0 aromatic rings. The van der Waals surface area contributed by atoms with Crippen LogP contribution in [0.1, 0.15) is 0 Å². The van der Waals surface area contributed by atoms with Crippen molar-refractivity contribution in [2.24, 2.45) is 0 Å². The molecule has 0 aliphatic carbocycles. The molecule has 0 saturated carbocycles. The minimum absolute atomic E-state index is 0. The van der Waals surface area contributed by atoms with Crippen LogP contribution in [0.15, 0.2) is 0 Å². The summed E-state index contributed by atoms with van der Waals surface area (Å²) >= 11 is 0. The molecule has 0 amide bonds. The molecular formula is B2O21S6. The SMILES string of the molecule is O=S(=O)([O-])OS(=O)(=O)[O-].O=S(=O)([O-])OS(=O)(=O)[O-].O=S(=O)([O-])OS(=O)(=O)[O-].[B+3].[B+3]. The van der Waals surface area contributed by atoms with Crippen molar-refractivity contribution in [3.63, 3.8) is 0 Å². The number of rotatable bonds is 6. The Hall–Kier alpha value is -0.530. The van der Waals surface area contributed by atoms with E-state index < -0.39 is 62.4 Å². The average Bonchev–Trinajstić information content (AvgIpc) is 1.96. The summed E-state index contributed by atoms with van der Waals surface area (Å²) in [5.74, 6) is 0. The Kier molecular flexibility index (Phi) is 17.5. The van der Waals surface area contributed by atoms with Crippen LogP contribution in [0.5, 0.6) is 0 Å². The van der Waals surface area contributed by atoms with Crippen molar-refractivity contribution in [1.29, 1.82) is 0 Å². The van der Waals surface area contributed by atoms with Gasteiger partial charge in [-0.1, -0.05) is 0 Å². The van der Waals surface area contributed by atoms with Crippen LogP contribution in [0.2, 0.25) is 0 Å². The van der Waals surface area contributed by atoms with Gasteiger partial charge in [0.05, 0.1) is 0 Å². The topological polar surface area (TPSA) is 371 Å². The maximum absolute atomic E-state index is 9.29. The second-order valence-corrected chi connectivity index (χ2v) is 9.19. The predicted molar refractivity (Wildman–Crippen MR) is 72.9 cm³/mol. The monoisotopic (exact) mass is 550 g/mol. The van der Waals surface area contributed by atoms with Gasteiger partial charge in [0.25, 0.3) is 0 Å². The molecule has 0 fully saturated rings. The van der Waals surface area contributed by atoms with E-state index in [9.17, 15) is 77.8 Å². The van der Waals surface area contributed by atoms with Crippen molar-refractivity contribution in [2.45, 2.75) is 0 Å². The Balaban J connectivity index is -0.0000000960. The average molecular weight is 550 g/mol.